The van der Waals surface area contributed by atoms with Gasteiger partial charge in [-0.15, -0.1) is 0 Å². The Morgan fingerprint density at radius 2 is 1.85 bits per heavy atom. The molecule has 9 nitrogen and oxygen atoms in total. The molecule has 0 unspecified atom stereocenters. The Bertz CT molecular complexity index is 1220. The van der Waals surface area contributed by atoms with E-state index in [0.717, 1.165) is 6.20 Å². The number of aromatic nitrogens is 2. The second-order valence-corrected chi connectivity index (χ2v) is 6.79. The molecule has 3 aromatic rings. The number of rotatable bonds is 6. The first-order chi connectivity index (χ1) is 15.5. The zero-order valence-corrected chi connectivity index (χ0v) is 17.3. The summed E-state index contributed by atoms with van der Waals surface area (Å²) in [5.74, 6) is -1.77. The lowest BCUT2D eigenvalue weighted by molar-refractivity contribution is -0.384. The summed E-state index contributed by atoms with van der Waals surface area (Å²) in [6.07, 6.45) is -4.12. The van der Waals surface area contributed by atoms with Crippen molar-refractivity contribution in [1.29, 1.82) is 0 Å². The van der Waals surface area contributed by atoms with Gasteiger partial charge in [0.25, 0.3) is 11.6 Å². The number of alkyl halides is 3. The molecule has 0 radical (unpaired) electrons. The quantitative estimate of drug-likeness (QED) is 0.327. The molecule has 0 atom stereocenters. The van der Waals surface area contributed by atoms with Crippen molar-refractivity contribution >= 4 is 23.3 Å². The topological polar surface area (TPSA) is 116 Å². The van der Waals surface area contributed by atoms with Crippen LogP contribution in [0.3, 0.4) is 0 Å². The van der Waals surface area contributed by atoms with E-state index in [9.17, 15) is 32.9 Å². The van der Waals surface area contributed by atoms with Gasteiger partial charge in [-0.2, -0.15) is 18.3 Å². The van der Waals surface area contributed by atoms with Gasteiger partial charge in [-0.3, -0.25) is 14.9 Å². The number of nitrogens with one attached hydrogen (secondary N) is 1. The number of carbonyl (C=O) groups excluding carboxylic acids is 2. The summed E-state index contributed by atoms with van der Waals surface area (Å²) in [5.41, 5.74) is -1.37. The third-order valence-electron chi connectivity index (χ3n) is 4.59. The van der Waals surface area contributed by atoms with E-state index >= 15 is 0 Å². The first-order valence-electron chi connectivity index (χ1n) is 9.52. The summed E-state index contributed by atoms with van der Waals surface area (Å²) in [6, 6.07) is 8.98. The molecule has 1 aromatic heterocycles. The summed E-state index contributed by atoms with van der Waals surface area (Å²) in [7, 11) is 0. The van der Waals surface area contributed by atoms with E-state index in [1.54, 1.807) is 6.92 Å². The number of benzene rings is 2. The molecule has 0 aliphatic carbocycles. The number of hydrogen-bond donors (Lipinski definition) is 1. The Labute approximate surface area is 184 Å². The molecule has 0 spiro atoms. The fourth-order valence-corrected chi connectivity index (χ4v) is 2.98. The molecule has 12 heteroatoms. The lowest BCUT2D eigenvalue weighted by Gasteiger charge is -2.13. The fraction of sp³-hybridized carbons (Fsp3) is 0.190. The van der Waals surface area contributed by atoms with E-state index in [1.165, 1.54) is 49.4 Å². The van der Waals surface area contributed by atoms with E-state index in [-0.39, 0.29) is 29.2 Å². The van der Waals surface area contributed by atoms with Gasteiger partial charge in [0.15, 0.2) is 5.69 Å². The molecule has 1 heterocycles. The van der Waals surface area contributed by atoms with Crippen LogP contribution in [-0.4, -0.2) is 33.2 Å². The predicted molar refractivity (Wildman–Crippen MR) is 110 cm³/mol. The molecular weight excluding hydrogens is 445 g/mol. The second kappa shape index (κ2) is 9.10. The minimum absolute atomic E-state index is 0.0408. The summed E-state index contributed by atoms with van der Waals surface area (Å²) in [5, 5.41) is 17.2. The Kier molecular flexibility index (Phi) is 6.47. The summed E-state index contributed by atoms with van der Waals surface area (Å²) < 4.78 is 46.1. The largest absolute Gasteiger partial charge is 0.462 e. The van der Waals surface area contributed by atoms with Crippen molar-refractivity contribution in [3.8, 4) is 5.69 Å². The van der Waals surface area contributed by atoms with Crippen molar-refractivity contribution in [3.05, 3.63) is 81.2 Å². The maximum absolute atomic E-state index is 13.6. The lowest BCUT2D eigenvalue weighted by atomic mass is 10.1. The lowest BCUT2D eigenvalue weighted by Crippen LogP contribution is -2.18. The first-order valence-corrected chi connectivity index (χ1v) is 9.52. The maximum Gasteiger partial charge on any atom is 0.434 e. The van der Waals surface area contributed by atoms with Gasteiger partial charge in [-0.25, -0.2) is 9.48 Å². The van der Waals surface area contributed by atoms with Gasteiger partial charge in [0.05, 0.1) is 29.1 Å². The minimum Gasteiger partial charge on any atom is -0.462 e. The van der Waals surface area contributed by atoms with Crippen LogP contribution in [0.1, 0.15) is 38.9 Å². The molecule has 0 saturated carbocycles. The molecule has 1 N–H and O–H groups in total. The summed E-state index contributed by atoms with van der Waals surface area (Å²) in [4.78, 5) is 34.8. The number of nitro benzene ring substituents is 1. The van der Waals surface area contributed by atoms with Crippen molar-refractivity contribution in [3.63, 3.8) is 0 Å². The number of carbonyl (C=O) groups is 2. The molecule has 3 rings (SSSR count). The van der Waals surface area contributed by atoms with Gasteiger partial charge < -0.3 is 10.1 Å². The van der Waals surface area contributed by atoms with Crippen molar-refractivity contribution in [2.24, 2.45) is 0 Å². The van der Waals surface area contributed by atoms with Crippen LogP contribution in [0.2, 0.25) is 0 Å². The maximum atomic E-state index is 13.6. The third kappa shape index (κ3) is 5.00. The Morgan fingerprint density at radius 3 is 2.42 bits per heavy atom. The number of hydrogen-bond acceptors (Lipinski definition) is 6. The van der Waals surface area contributed by atoms with Gasteiger partial charge in [0.2, 0.25) is 0 Å². The van der Waals surface area contributed by atoms with E-state index in [2.05, 4.69) is 15.2 Å². The average molecular weight is 462 g/mol. The van der Waals surface area contributed by atoms with Crippen molar-refractivity contribution < 1.29 is 32.4 Å². The molecular formula is C21H17F3N4O5. The molecule has 0 aliphatic rings. The van der Waals surface area contributed by atoms with E-state index in [0.29, 0.717) is 10.2 Å². The zero-order chi connectivity index (χ0) is 24.3. The molecule has 0 saturated heterocycles. The Morgan fingerprint density at radius 1 is 1.18 bits per heavy atom. The molecule has 0 aliphatic heterocycles. The van der Waals surface area contributed by atoms with Gasteiger partial charge in [0.1, 0.15) is 5.56 Å². The van der Waals surface area contributed by atoms with E-state index < -0.39 is 34.2 Å². The molecule has 0 fully saturated rings. The van der Waals surface area contributed by atoms with Crippen LogP contribution in [0, 0.1) is 17.0 Å². The van der Waals surface area contributed by atoms with E-state index in [1.807, 2.05) is 0 Å². The van der Waals surface area contributed by atoms with Crippen LogP contribution in [0.5, 0.6) is 0 Å². The SMILES string of the molecule is CCOC(=O)c1cnn(-c2ccc(C(=O)Nc3cc([N+](=O)[O-])ccc3C)cc2)c1C(F)(F)F. The molecule has 172 valence electrons. The molecule has 1 amide bonds. The van der Waals surface area contributed by atoms with Gasteiger partial charge in [-0.1, -0.05) is 6.07 Å². The van der Waals surface area contributed by atoms with Crippen LogP contribution in [0.15, 0.2) is 48.7 Å². The zero-order valence-electron chi connectivity index (χ0n) is 17.3. The summed E-state index contributed by atoms with van der Waals surface area (Å²) in [6.45, 7) is 3.02. The van der Waals surface area contributed by atoms with Gasteiger partial charge >= 0.3 is 12.1 Å². The number of anilines is 1. The number of amides is 1. The molecule has 33 heavy (non-hydrogen) atoms. The standard InChI is InChI=1S/C21H17F3N4O5/c1-3-33-20(30)16-11-25-27(18(16)21(22,23)24)14-8-5-13(6-9-14)19(29)26-17-10-15(28(31)32)7-4-12(17)2/h4-11H,3H2,1-2H3,(H,26,29). The summed E-state index contributed by atoms with van der Waals surface area (Å²) >= 11 is 0. The Hall–Kier alpha value is -4.22. The number of halogens is 3. The fourth-order valence-electron chi connectivity index (χ4n) is 2.98. The number of non-ortho nitro benzene ring substituents is 1. The predicted octanol–water partition coefficient (Wildman–Crippen LogP) is 4.54. The number of esters is 1. The van der Waals surface area contributed by atoms with Crippen LogP contribution >= 0.6 is 0 Å². The van der Waals surface area contributed by atoms with Gasteiger partial charge in [-0.05, 0) is 43.7 Å². The minimum atomic E-state index is -4.89. The molecule has 0 bridgehead atoms. The highest BCUT2D eigenvalue weighted by atomic mass is 19.4. The number of nitro groups is 1. The Balaban J connectivity index is 1.89. The van der Waals surface area contributed by atoms with Crippen molar-refractivity contribution in [2.45, 2.75) is 20.0 Å². The number of ether oxygens (including phenoxy) is 1. The third-order valence-corrected chi connectivity index (χ3v) is 4.59. The highest BCUT2D eigenvalue weighted by Gasteiger charge is 2.41. The molecule has 2 aromatic carbocycles. The van der Waals surface area contributed by atoms with Crippen LogP contribution in [0.25, 0.3) is 5.69 Å². The van der Waals surface area contributed by atoms with Gasteiger partial charge in [0, 0.05) is 17.7 Å². The highest BCUT2D eigenvalue weighted by molar-refractivity contribution is 6.04. The number of aryl methyl sites for hydroxylation is 1. The monoisotopic (exact) mass is 462 g/mol. The first kappa shape index (κ1) is 23.4. The average Bonchev–Trinajstić information content (AvgIpc) is 3.21. The van der Waals surface area contributed by atoms with Crippen LogP contribution < -0.4 is 5.32 Å². The normalized spacial score (nSPS) is 11.2. The van der Waals surface area contributed by atoms with Crippen molar-refractivity contribution in [1.82, 2.24) is 9.78 Å². The highest BCUT2D eigenvalue weighted by Crippen LogP contribution is 2.34. The van der Waals surface area contributed by atoms with Crippen LogP contribution in [0.4, 0.5) is 24.5 Å². The number of nitrogens with zero attached hydrogens (tertiary/aromatic N) is 3. The second-order valence-electron chi connectivity index (χ2n) is 6.79. The smallest absolute Gasteiger partial charge is 0.434 e. The van der Waals surface area contributed by atoms with E-state index in [4.69, 9.17) is 0 Å². The van der Waals surface area contributed by atoms with Crippen molar-refractivity contribution in [2.75, 3.05) is 11.9 Å². The van der Waals surface area contributed by atoms with Crippen LogP contribution in [-0.2, 0) is 10.9 Å².